The third-order valence-corrected chi connectivity index (χ3v) is 17.8. The van der Waals surface area contributed by atoms with Crippen LogP contribution in [0.15, 0.2) is 92.4 Å². The van der Waals surface area contributed by atoms with Crippen LogP contribution in [0.4, 0.5) is 0 Å². The molecule has 0 saturated heterocycles. The fourth-order valence-corrected chi connectivity index (χ4v) is 13.7. The van der Waals surface area contributed by atoms with E-state index in [1.165, 1.54) is 48.6 Å². The molecule has 30 heteroatoms. The SMILES string of the molecule is O=S(=O)([O-])c1ccc(Cl)c(-c2c3nc(c(-c4c(Cl)ccc(S(=O)(=O)[O-])c4Cl)c4ccc([nH]4)c(-c4c(Cl)ccc(S(=O)(=O)[O-])c4Cl)c4nc(c(-c5c(Cl)ccc(S(=O)(=O)[O-])c5Cl)c5ccc2[nH]5)C=C4)C=C3)c1Cl.[Zn+2].[Zn+2]. The summed E-state index contributed by atoms with van der Waals surface area (Å²) in [6.07, 6.45) is 5.52. The van der Waals surface area contributed by atoms with E-state index in [1.54, 1.807) is 0 Å². The van der Waals surface area contributed by atoms with Crippen molar-refractivity contribution in [2.24, 2.45) is 0 Å². The molecule has 5 heterocycles. The van der Waals surface area contributed by atoms with Gasteiger partial charge in [0.2, 0.25) is 0 Å². The normalized spacial score (nSPS) is 12.7. The van der Waals surface area contributed by atoms with Gasteiger partial charge in [0.25, 0.3) is 0 Å². The molecule has 16 nitrogen and oxygen atoms in total. The Hall–Kier alpha value is -3.31. The summed E-state index contributed by atoms with van der Waals surface area (Å²) >= 11 is 54.3. The van der Waals surface area contributed by atoms with Gasteiger partial charge in [-0.15, -0.1) is 0 Å². The molecular formula is C44H18Cl8N4O12S4Zn2. The van der Waals surface area contributed by atoms with Crippen molar-refractivity contribution in [3.8, 4) is 44.5 Å². The predicted molar refractivity (Wildman–Crippen MR) is 273 cm³/mol. The van der Waals surface area contributed by atoms with E-state index in [4.69, 9.17) is 103 Å². The Balaban J connectivity index is 0.00000400. The van der Waals surface area contributed by atoms with E-state index in [1.807, 2.05) is 0 Å². The number of hydrogen-bond donors (Lipinski definition) is 2. The van der Waals surface area contributed by atoms with Crippen LogP contribution in [-0.4, -0.2) is 71.8 Å². The first-order valence-corrected chi connectivity index (χ1v) is 28.2. The third kappa shape index (κ3) is 10.6. The summed E-state index contributed by atoms with van der Waals surface area (Å²) in [6.45, 7) is 0. The molecule has 9 rings (SSSR count). The molecule has 370 valence electrons. The van der Waals surface area contributed by atoms with Crippen molar-refractivity contribution in [3.05, 3.63) is 136 Å². The van der Waals surface area contributed by atoms with Gasteiger partial charge in [-0.1, -0.05) is 92.8 Å². The number of nitrogens with zero attached hydrogens (tertiary/aromatic N) is 2. The second-order valence-electron chi connectivity index (χ2n) is 15.3. The van der Waals surface area contributed by atoms with Crippen LogP contribution in [0.5, 0.6) is 0 Å². The van der Waals surface area contributed by atoms with Crippen LogP contribution in [0.2, 0.25) is 40.2 Å². The first-order valence-electron chi connectivity index (χ1n) is 19.5. The van der Waals surface area contributed by atoms with E-state index >= 15 is 0 Å². The molecule has 0 amide bonds. The van der Waals surface area contributed by atoms with Gasteiger partial charge < -0.3 is 28.2 Å². The van der Waals surface area contributed by atoms with Gasteiger partial charge in [-0.05, 0) is 97.1 Å². The first kappa shape index (κ1) is 58.4. The summed E-state index contributed by atoms with van der Waals surface area (Å²) in [6, 6.07) is 13.6. The van der Waals surface area contributed by atoms with Gasteiger partial charge in [-0.3, -0.25) is 0 Å². The summed E-state index contributed by atoms with van der Waals surface area (Å²) in [5.74, 6) is 0. The van der Waals surface area contributed by atoms with Crippen molar-refractivity contribution >= 4 is 180 Å². The number of aromatic nitrogens is 4. The molecule has 0 atom stereocenters. The zero-order valence-electron chi connectivity index (χ0n) is 36.1. The van der Waals surface area contributed by atoms with Gasteiger partial charge >= 0.3 is 39.0 Å². The summed E-state index contributed by atoms with van der Waals surface area (Å²) in [5, 5.41) is -3.46. The maximum atomic E-state index is 12.6. The minimum atomic E-state index is -5.29. The average Bonchev–Trinajstić information content (AvgIpc) is 4.11. The van der Waals surface area contributed by atoms with Crippen molar-refractivity contribution in [1.29, 1.82) is 0 Å². The molecule has 0 unspecified atom stereocenters. The van der Waals surface area contributed by atoms with Crippen molar-refractivity contribution in [3.63, 3.8) is 0 Å². The maximum Gasteiger partial charge on any atom is 2.00 e. The number of fused-ring (bicyclic) bond motifs is 8. The minimum Gasteiger partial charge on any atom is -0.744 e. The first-order chi connectivity index (χ1) is 33.6. The van der Waals surface area contributed by atoms with Crippen LogP contribution in [0.25, 0.3) is 90.9 Å². The Kier molecular flexibility index (Phi) is 16.7. The van der Waals surface area contributed by atoms with Gasteiger partial charge in [0.15, 0.2) is 0 Å². The molecule has 2 N–H and O–H groups in total. The molecule has 0 spiro atoms. The molecular weight excluding hydrogens is 1320 g/mol. The fraction of sp³-hybridized carbons (Fsp3) is 0. The molecule has 4 aromatic carbocycles. The number of halogens is 8. The minimum absolute atomic E-state index is 0. The third-order valence-electron chi connectivity index (χ3n) is 11.1. The summed E-state index contributed by atoms with van der Waals surface area (Å²) < 4.78 is 151. The van der Waals surface area contributed by atoms with E-state index < -0.39 is 80.1 Å². The van der Waals surface area contributed by atoms with Crippen LogP contribution in [0, 0.1) is 0 Å². The van der Waals surface area contributed by atoms with Gasteiger partial charge in [0, 0.05) is 66.6 Å². The molecule has 74 heavy (non-hydrogen) atoms. The van der Waals surface area contributed by atoms with E-state index in [9.17, 15) is 51.9 Å². The van der Waals surface area contributed by atoms with Crippen molar-refractivity contribution < 1.29 is 90.8 Å². The van der Waals surface area contributed by atoms with Crippen molar-refractivity contribution in [2.45, 2.75) is 19.6 Å². The Morgan fingerprint density at radius 2 is 0.500 bits per heavy atom. The summed E-state index contributed by atoms with van der Waals surface area (Å²) in [7, 11) is -21.1. The van der Waals surface area contributed by atoms with Gasteiger partial charge in [-0.2, -0.15) is 0 Å². The van der Waals surface area contributed by atoms with Crippen LogP contribution in [-0.2, 0) is 79.4 Å². The fourth-order valence-electron chi connectivity index (χ4n) is 8.08. The molecule has 0 fully saturated rings. The Morgan fingerprint density at radius 1 is 0.311 bits per heavy atom. The van der Waals surface area contributed by atoms with E-state index in [2.05, 4.69) is 9.97 Å². The number of aromatic amines is 2. The van der Waals surface area contributed by atoms with E-state index in [-0.39, 0.29) is 148 Å². The van der Waals surface area contributed by atoms with Crippen LogP contribution in [0.3, 0.4) is 0 Å². The maximum absolute atomic E-state index is 12.6. The average molecular weight is 1340 g/mol. The van der Waals surface area contributed by atoms with E-state index in [0.717, 1.165) is 48.5 Å². The number of nitrogens with one attached hydrogen (secondary N) is 2. The molecule has 8 bridgehead atoms. The largest absolute Gasteiger partial charge is 2.00 e. The standard InChI is InChI=1S/C44H22Cl8N4O12S4.2Zn/c45-17-1-13-29(69(57,58)59)41(49)33(17)37-21-5-7-23(53-21)38(34-18(46)2-14-30(42(34)50)70(60,61)62)25-9-11-27(55-25)40(36-20(48)4-16-32(44(36)52)72(66,67)68)28-12-10-26(56-28)39(24-8-6-22(37)54-24)35-19(47)3-15-31(43(35)51)71(63,64)65;;/h1-16,53,56H,(H,57,58,59)(H,60,61,62)(H,63,64,65)(H,66,67,68);;/q;2*+2/p-4. The Labute approximate surface area is 485 Å². The quantitative estimate of drug-likeness (QED) is 0.106. The summed E-state index contributed by atoms with van der Waals surface area (Å²) in [4.78, 5) is 12.4. The smallest absolute Gasteiger partial charge is 0.744 e. The monoisotopic (exact) mass is 1330 g/mol. The van der Waals surface area contributed by atoms with Gasteiger partial charge in [0.05, 0.1) is 82.5 Å². The predicted octanol–water partition coefficient (Wildman–Crippen LogP) is 12.2. The zero-order valence-corrected chi connectivity index (χ0v) is 51.3. The van der Waals surface area contributed by atoms with Crippen molar-refractivity contribution in [1.82, 2.24) is 19.9 Å². The number of benzene rings is 4. The zero-order chi connectivity index (χ0) is 52.3. The molecule has 2 aliphatic rings. The van der Waals surface area contributed by atoms with Crippen LogP contribution >= 0.6 is 92.8 Å². The Morgan fingerprint density at radius 3 is 0.676 bits per heavy atom. The molecule has 0 aliphatic carbocycles. The van der Waals surface area contributed by atoms with Gasteiger partial charge in [0.1, 0.15) is 40.5 Å². The Bertz CT molecular complexity index is 3810. The van der Waals surface area contributed by atoms with Crippen molar-refractivity contribution in [2.75, 3.05) is 0 Å². The molecule has 3 aromatic heterocycles. The number of H-pyrrole nitrogens is 2. The van der Waals surface area contributed by atoms with Crippen LogP contribution < -0.4 is 0 Å². The number of hydrogen-bond acceptors (Lipinski definition) is 14. The molecule has 7 aromatic rings. The van der Waals surface area contributed by atoms with Gasteiger partial charge in [-0.25, -0.2) is 43.6 Å². The number of rotatable bonds is 8. The van der Waals surface area contributed by atoms with Crippen LogP contribution in [0.1, 0.15) is 22.8 Å². The second-order valence-corrected chi connectivity index (χ2v) is 23.8. The topological polar surface area (TPSA) is 286 Å². The second kappa shape index (κ2) is 21.1. The van der Waals surface area contributed by atoms with E-state index in [0.29, 0.717) is 0 Å². The molecule has 2 aliphatic heterocycles. The molecule has 0 radical (unpaired) electrons. The summed E-state index contributed by atoms with van der Waals surface area (Å²) in [5.41, 5.74) is -1.86. The molecule has 0 saturated carbocycles.